The molecule has 0 saturated heterocycles. The van der Waals surface area contributed by atoms with Gasteiger partial charge in [0.25, 0.3) is 0 Å². The maximum absolute atomic E-state index is 12.2. The molecular weight excluding hydrogens is 319 g/mol. The second-order valence-corrected chi connectivity index (χ2v) is 5.22. The van der Waals surface area contributed by atoms with Crippen molar-refractivity contribution < 1.29 is 4.39 Å². The monoisotopic (exact) mass is 340 g/mol. The van der Waals surface area contributed by atoms with E-state index < -0.39 is 6.67 Å². The number of alkyl halides is 1. The summed E-state index contributed by atoms with van der Waals surface area (Å²) in [6.45, 7) is 1.80. The van der Waals surface area contributed by atoms with Crippen molar-refractivity contribution in [1.82, 2.24) is 10.3 Å². The van der Waals surface area contributed by atoms with E-state index in [1.165, 1.54) is 0 Å². The molecule has 0 spiro atoms. The number of hydrogen-bond donors (Lipinski definition) is 3. The van der Waals surface area contributed by atoms with E-state index in [4.69, 9.17) is 5.26 Å². The standard InChI is InChI=1S/C18H21FN6/c1-2-16(14-6-4-3-5-7-14)25-18(23-13-20)24-15-8-9-17(22-12-15)21-11-10-19/h3-9,12,16H,2,10-11H2,1H3,(H,21,22)(H2,23,24,25)/t16-/m1/s1. The molecule has 1 atom stereocenters. The summed E-state index contributed by atoms with van der Waals surface area (Å²) in [6, 6.07) is 13.3. The van der Waals surface area contributed by atoms with Gasteiger partial charge in [-0.3, -0.25) is 5.32 Å². The Labute approximate surface area is 146 Å². The summed E-state index contributed by atoms with van der Waals surface area (Å²) in [4.78, 5) is 8.78. The number of aromatic nitrogens is 1. The molecule has 2 rings (SSSR count). The van der Waals surface area contributed by atoms with Gasteiger partial charge >= 0.3 is 0 Å². The minimum absolute atomic E-state index is 0.0667. The van der Waals surface area contributed by atoms with Crippen molar-refractivity contribution in [3.63, 3.8) is 0 Å². The van der Waals surface area contributed by atoms with E-state index in [1.54, 1.807) is 18.3 Å². The van der Waals surface area contributed by atoms with Crippen LogP contribution in [0.15, 0.2) is 53.7 Å². The van der Waals surface area contributed by atoms with Crippen LogP contribution in [0.3, 0.4) is 0 Å². The number of nitrogens with zero attached hydrogens (tertiary/aromatic N) is 3. The van der Waals surface area contributed by atoms with Gasteiger partial charge < -0.3 is 10.6 Å². The van der Waals surface area contributed by atoms with Gasteiger partial charge in [-0.2, -0.15) is 5.26 Å². The number of benzene rings is 1. The first kappa shape index (κ1) is 18.2. The summed E-state index contributed by atoms with van der Waals surface area (Å²) in [5.74, 6) is 0.940. The Balaban J connectivity index is 2.13. The zero-order valence-electron chi connectivity index (χ0n) is 14.0. The third kappa shape index (κ3) is 5.77. The number of rotatable bonds is 7. The molecule has 7 heteroatoms. The molecule has 0 radical (unpaired) electrons. The van der Waals surface area contributed by atoms with E-state index in [0.29, 0.717) is 17.5 Å². The molecule has 0 fully saturated rings. The highest BCUT2D eigenvalue weighted by molar-refractivity contribution is 5.94. The van der Waals surface area contributed by atoms with Crippen molar-refractivity contribution in [2.24, 2.45) is 4.99 Å². The number of anilines is 2. The lowest BCUT2D eigenvalue weighted by Gasteiger charge is -2.14. The summed E-state index contributed by atoms with van der Waals surface area (Å²) in [5, 5.41) is 17.4. The van der Waals surface area contributed by atoms with Crippen LogP contribution in [0.25, 0.3) is 0 Å². The van der Waals surface area contributed by atoms with E-state index in [-0.39, 0.29) is 12.6 Å². The Morgan fingerprint density at radius 2 is 2.08 bits per heavy atom. The van der Waals surface area contributed by atoms with Crippen LogP contribution in [0.5, 0.6) is 0 Å². The molecule has 2 aromatic rings. The highest BCUT2D eigenvalue weighted by Gasteiger charge is 2.09. The topological polar surface area (TPSA) is 85.1 Å². The average molecular weight is 340 g/mol. The number of pyridine rings is 1. The average Bonchev–Trinajstić information content (AvgIpc) is 2.66. The minimum Gasteiger partial charge on any atom is -0.367 e. The largest absolute Gasteiger partial charge is 0.367 e. The fourth-order valence-corrected chi connectivity index (χ4v) is 2.27. The number of aliphatic imine (C=N–C) groups is 1. The second-order valence-electron chi connectivity index (χ2n) is 5.22. The van der Waals surface area contributed by atoms with Crippen LogP contribution in [0.4, 0.5) is 15.9 Å². The third-order valence-corrected chi connectivity index (χ3v) is 3.46. The van der Waals surface area contributed by atoms with Gasteiger partial charge in [0, 0.05) is 6.54 Å². The van der Waals surface area contributed by atoms with Crippen LogP contribution in [0.1, 0.15) is 24.9 Å². The minimum atomic E-state index is -0.456. The molecule has 1 heterocycles. The van der Waals surface area contributed by atoms with Crippen LogP contribution in [-0.2, 0) is 0 Å². The highest BCUT2D eigenvalue weighted by Crippen LogP contribution is 2.21. The lowest BCUT2D eigenvalue weighted by atomic mass is 10.1. The normalized spacial score (nSPS) is 12.1. The molecule has 0 aliphatic heterocycles. The van der Waals surface area contributed by atoms with Crippen molar-refractivity contribution >= 4 is 17.5 Å². The summed E-state index contributed by atoms with van der Waals surface area (Å²) in [5.41, 5.74) is 1.75. The zero-order chi connectivity index (χ0) is 17.9. The smallest absolute Gasteiger partial charge is 0.209 e. The Morgan fingerprint density at radius 1 is 1.28 bits per heavy atom. The van der Waals surface area contributed by atoms with Crippen molar-refractivity contribution in [3.8, 4) is 6.19 Å². The van der Waals surface area contributed by atoms with Gasteiger partial charge in [-0.1, -0.05) is 37.3 Å². The van der Waals surface area contributed by atoms with Crippen LogP contribution in [0.2, 0.25) is 0 Å². The van der Waals surface area contributed by atoms with Gasteiger partial charge in [0.2, 0.25) is 5.96 Å². The SMILES string of the molecule is CC[C@@H](N=C(NC#N)Nc1ccc(NCCF)nc1)c1ccccc1. The number of nitriles is 1. The fourth-order valence-electron chi connectivity index (χ4n) is 2.27. The highest BCUT2D eigenvalue weighted by atomic mass is 19.1. The molecule has 0 saturated carbocycles. The van der Waals surface area contributed by atoms with E-state index in [0.717, 1.165) is 12.0 Å². The van der Waals surface area contributed by atoms with Gasteiger partial charge in [-0.05, 0) is 24.1 Å². The number of halogens is 1. The maximum atomic E-state index is 12.2. The number of nitrogens with one attached hydrogen (secondary N) is 3. The Bertz CT molecular complexity index is 709. The molecule has 130 valence electrons. The van der Waals surface area contributed by atoms with Crippen LogP contribution >= 0.6 is 0 Å². The lowest BCUT2D eigenvalue weighted by Crippen LogP contribution is -2.27. The van der Waals surface area contributed by atoms with Gasteiger partial charge in [0.1, 0.15) is 12.5 Å². The van der Waals surface area contributed by atoms with Gasteiger partial charge in [0.05, 0.1) is 17.9 Å². The van der Waals surface area contributed by atoms with Crippen LogP contribution in [-0.4, -0.2) is 24.2 Å². The predicted molar refractivity (Wildman–Crippen MR) is 98.0 cm³/mol. The summed E-state index contributed by atoms with van der Waals surface area (Å²) < 4.78 is 12.2. The third-order valence-electron chi connectivity index (χ3n) is 3.46. The first-order chi connectivity index (χ1) is 12.3. The van der Waals surface area contributed by atoms with E-state index in [9.17, 15) is 4.39 Å². The van der Waals surface area contributed by atoms with Gasteiger partial charge in [-0.25, -0.2) is 14.4 Å². The molecule has 0 aliphatic carbocycles. The van der Waals surface area contributed by atoms with Crippen LogP contribution < -0.4 is 16.0 Å². The predicted octanol–water partition coefficient (Wildman–Crippen LogP) is 3.45. The van der Waals surface area contributed by atoms with Crippen molar-refractivity contribution in [2.75, 3.05) is 23.9 Å². The number of hydrogen-bond acceptors (Lipinski definition) is 4. The molecule has 0 aliphatic rings. The maximum Gasteiger partial charge on any atom is 0.209 e. The molecule has 1 aromatic heterocycles. The molecule has 0 unspecified atom stereocenters. The lowest BCUT2D eigenvalue weighted by molar-refractivity contribution is 0.512. The zero-order valence-corrected chi connectivity index (χ0v) is 14.0. The molecule has 6 nitrogen and oxygen atoms in total. The molecule has 0 amide bonds. The van der Waals surface area contributed by atoms with Gasteiger partial charge in [0.15, 0.2) is 6.19 Å². The summed E-state index contributed by atoms with van der Waals surface area (Å²) in [6.07, 6.45) is 4.28. The summed E-state index contributed by atoms with van der Waals surface area (Å²) >= 11 is 0. The molecule has 0 bridgehead atoms. The van der Waals surface area contributed by atoms with E-state index in [2.05, 4.69) is 25.9 Å². The molecular formula is C18H21FN6. The first-order valence-corrected chi connectivity index (χ1v) is 8.07. The fraction of sp³-hybridized carbons (Fsp3) is 0.278. The summed E-state index contributed by atoms with van der Waals surface area (Å²) in [7, 11) is 0. The van der Waals surface area contributed by atoms with Crippen LogP contribution in [0, 0.1) is 11.5 Å². The number of guanidine groups is 1. The van der Waals surface area contributed by atoms with E-state index in [1.807, 2.05) is 43.4 Å². The van der Waals surface area contributed by atoms with Crippen molar-refractivity contribution in [1.29, 1.82) is 5.26 Å². The van der Waals surface area contributed by atoms with E-state index >= 15 is 0 Å². The second kappa shape index (κ2) is 9.88. The molecule has 25 heavy (non-hydrogen) atoms. The molecule has 3 N–H and O–H groups in total. The quantitative estimate of drug-likeness (QED) is 0.311. The molecule has 1 aromatic carbocycles. The Morgan fingerprint density at radius 3 is 2.68 bits per heavy atom. The first-order valence-electron chi connectivity index (χ1n) is 8.07. The van der Waals surface area contributed by atoms with Crippen molar-refractivity contribution in [2.45, 2.75) is 19.4 Å². The van der Waals surface area contributed by atoms with Gasteiger partial charge in [-0.15, -0.1) is 0 Å². The Hall–Kier alpha value is -3.14. The van der Waals surface area contributed by atoms with Crippen molar-refractivity contribution in [3.05, 3.63) is 54.2 Å². The Kier molecular flexibility index (Phi) is 7.19.